The molecule has 3 aromatic heterocycles. The highest BCUT2D eigenvalue weighted by Gasteiger charge is 2.24. The molecule has 1 aliphatic heterocycles. The molecule has 2 N–H and O–H groups in total. The Kier molecular flexibility index (Phi) is 8.91. The summed E-state index contributed by atoms with van der Waals surface area (Å²) in [5.41, 5.74) is 0.284. The monoisotopic (exact) mass is 656 g/mol. The number of carbonyl (C=O) groups is 1. The van der Waals surface area contributed by atoms with Crippen molar-refractivity contribution in [3.63, 3.8) is 0 Å². The van der Waals surface area contributed by atoms with Gasteiger partial charge >= 0.3 is 0 Å². The van der Waals surface area contributed by atoms with Crippen molar-refractivity contribution < 1.29 is 23.4 Å². The Morgan fingerprint density at radius 3 is 2.52 bits per heavy atom. The number of morpholine rings is 1. The Morgan fingerprint density at radius 1 is 1.06 bits per heavy atom. The summed E-state index contributed by atoms with van der Waals surface area (Å²) in [5, 5.41) is 18.1. The van der Waals surface area contributed by atoms with E-state index in [1.807, 2.05) is 0 Å². The fraction of sp³-hybridized carbons (Fsp3) is 0.286. The van der Waals surface area contributed by atoms with Crippen molar-refractivity contribution in [2.24, 2.45) is 7.05 Å². The van der Waals surface area contributed by atoms with E-state index in [0.29, 0.717) is 71.1 Å². The van der Waals surface area contributed by atoms with Gasteiger partial charge in [0.2, 0.25) is 0 Å². The summed E-state index contributed by atoms with van der Waals surface area (Å²) in [7, 11) is 1.48. The molecule has 0 radical (unpaired) electrons. The van der Waals surface area contributed by atoms with Crippen molar-refractivity contribution in [2.75, 3.05) is 38.3 Å². The van der Waals surface area contributed by atoms with Crippen molar-refractivity contribution in [1.29, 1.82) is 0 Å². The summed E-state index contributed by atoms with van der Waals surface area (Å²) in [6.45, 7) is 4.07. The van der Waals surface area contributed by atoms with E-state index in [4.69, 9.17) is 4.74 Å². The molecular formula is C35H34F2N6O5. The van der Waals surface area contributed by atoms with E-state index in [-0.39, 0.29) is 17.0 Å². The van der Waals surface area contributed by atoms with Crippen molar-refractivity contribution >= 4 is 28.2 Å². The van der Waals surface area contributed by atoms with E-state index >= 15 is 4.39 Å². The average Bonchev–Trinajstić information content (AvgIpc) is 3.10. The van der Waals surface area contributed by atoms with Crippen molar-refractivity contribution in [1.82, 2.24) is 24.2 Å². The summed E-state index contributed by atoms with van der Waals surface area (Å²) in [6, 6.07) is 14.1. The third kappa shape index (κ3) is 6.09. The lowest BCUT2D eigenvalue weighted by atomic mass is 9.85. The molecule has 1 aliphatic rings. The second kappa shape index (κ2) is 13.1. The van der Waals surface area contributed by atoms with Crippen LogP contribution < -0.4 is 16.4 Å². The molecule has 1 amide bonds. The Bertz CT molecular complexity index is 2140. The van der Waals surface area contributed by atoms with Crippen LogP contribution in [0.1, 0.15) is 35.3 Å². The molecule has 2 aromatic carbocycles. The van der Waals surface area contributed by atoms with Gasteiger partial charge in [0.1, 0.15) is 17.3 Å². The molecule has 0 bridgehead atoms. The third-order valence-corrected chi connectivity index (χ3v) is 8.55. The largest absolute Gasteiger partial charge is 0.392 e. The first kappa shape index (κ1) is 32.7. The number of ether oxygens (including phenoxy) is 1. The summed E-state index contributed by atoms with van der Waals surface area (Å²) < 4.78 is 36.7. The third-order valence-electron chi connectivity index (χ3n) is 8.55. The first-order valence-electron chi connectivity index (χ1n) is 15.4. The maximum atomic E-state index is 15.4. The lowest BCUT2D eigenvalue weighted by Gasteiger charge is -2.26. The first-order valence-corrected chi connectivity index (χ1v) is 15.4. The Balaban J connectivity index is 1.35. The number of nitrogens with one attached hydrogen (secondary N) is 1. The van der Waals surface area contributed by atoms with Crippen LogP contribution in [0.2, 0.25) is 0 Å². The predicted octanol–water partition coefficient (Wildman–Crippen LogP) is 4.24. The standard InChI is InChI=1S/C35H34F2N6O5/c1-35(2,20-36)23-15-21-9-10-43(34(47)31(21)26(37)16-23)29-6-4-5-24(25(29)19-44)27-17-28(33(46)41(3)40-27)39-30-8-7-22(18-38-30)32(45)42-11-13-48-14-12-42/h4-10,15-18,44H,11-14,19-20H2,1-3H3,(H,38,39). The normalized spacial score (nSPS) is 13.6. The van der Waals surface area contributed by atoms with Crippen LogP contribution in [0.15, 0.2) is 76.6 Å². The van der Waals surface area contributed by atoms with E-state index in [1.165, 1.54) is 36.1 Å². The maximum absolute atomic E-state index is 15.4. The predicted molar refractivity (Wildman–Crippen MR) is 177 cm³/mol. The Morgan fingerprint density at radius 2 is 1.83 bits per heavy atom. The van der Waals surface area contributed by atoms with Crippen LogP contribution in [-0.2, 0) is 23.8 Å². The highest BCUT2D eigenvalue weighted by atomic mass is 19.1. The van der Waals surface area contributed by atoms with Crippen LogP contribution in [0.3, 0.4) is 0 Å². The number of aliphatic hydroxyl groups excluding tert-OH is 1. The lowest BCUT2D eigenvalue weighted by Crippen LogP contribution is -2.40. The maximum Gasteiger partial charge on any atom is 0.290 e. The number of benzene rings is 2. The number of carbonyl (C=O) groups excluding carboxylic acids is 1. The number of anilines is 2. The fourth-order valence-corrected chi connectivity index (χ4v) is 5.70. The van der Waals surface area contributed by atoms with Crippen LogP contribution in [0.25, 0.3) is 27.7 Å². The molecular weight excluding hydrogens is 622 g/mol. The summed E-state index contributed by atoms with van der Waals surface area (Å²) >= 11 is 0. The number of hydrogen-bond acceptors (Lipinski definition) is 8. The van der Waals surface area contributed by atoms with Gasteiger partial charge in [-0.25, -0.2) is 14.1 Å². The minimum Gasteiger partial charge on any atom is -0.392 e. The number of amides is 1. The zero-order valence-electron chi connectivity index (χ0n) is 26.7. The van der Waals surface area contributed by atoms with Gasteiger partial charge in [-0.2, -0.15) is 5.10 Å². The van der Waals surface area contributed by atoms with Gasteiger partial charge in [0.25, 0.3) is 17.0 Å². The molecule has 0 unspecified atom stereocenters. The van der Waals surface area contributed by atoms with Crippen LogP contribution in [-0.4, -0.2) is 68.2 Å². The molecule has 0 spiro atoms. The number of aryl methyl sites for hydroxylation is 1. The second-order valence-electron chi connectivity index (χ2n) is 12.2. The van der Waals surface area contributed by atoms with Crippen molar-refractivity contribution in [3.8, 4) is 16.9 Å². The number of pyridine rings is 2. The van der Waals surface area contributed by atoms with Gasteiger partial charge in [0.05, 0.1) is 48.8 Å². The molecule has 13 heteroatoms. The van der Waals surface area contributed by atoms with Crippen LogP contribution in [0.4, 0.5) is 20.3 Å². The van der Waals surface area contributed by atoms with Gasteiger partial charge in [-0.3, -0.25) is 23.3 Å². The summed E-state index contributed by atoms with van der Waals surface area (Å²) in [4.78, 5) is 45.6. The van der Waals surface area contributed by atoms with E-state index in [9.17, 15) is 23.9 Å². The minimum absolute atomic E-state index is 0.133. The van der Waals surface area contributed by atoms with Gasteiger partial charge in [0, 0.05) is 49.1 Å². The highest BCUT2D eigenvalue weighted by Crippen LogP contribution is 2.31. The van der Waals surface area contributed by atoms with Crippen LogP contribution >= 0.6 is 0 Å². The molecule has 1 saturated heterocycles. The summed E-state index contributed by atoms with van der Waals surface area (Å²) in [5.74, 6) is -0.607. The lowest BCUT2D eigenvalue weighted by molar-refractivity contribution is 0.0302. The number of nitrogens with zero attached hydrogens (tertiary/aromatic N) is 5. The molecule has 0 saturated carbocycles. The number of halogens is 2. The van der Waals surface area contributed by atoms with Gasteiger partial charge in [0.15, 0.2) is 0 Å². The number of fused-ring (bicyclic) bond motifs is 1. The van der Waals surface area contributed by atoms with E-state index < -0.39 is 35.6 Å². The average molecular weight is 657 g/mol. The summed E-state index contributed by atoms with van der Waals surface area (Å²) in [6.07, 6.45) is 2.92. The van der Waals surface area contributed by atoms with Gasteiger partial charge < -0.3 is 20.1 Å². The first-order chi connectivity index (χ1) is 23.0. The topological polar surface area (TPSA) is 132 Å². The molecule has 0 atom stereocenters. The SMILES string of the molecule is Cn1nc(-c2cccc(-n3ccc4cc(C(C)(C)CF)cc(F)c4c3=O)c2CO)cc(Nc2ccc(C(=O)N3CCOCC3)cn2)c1=O. The zero-order valence-corrected chi connectivity index (χ0v) is 26.7. The number of hydrogen-bond donors (Lipinski definition) is 2. The van der Waals surface area contributed by atoms with Crippen LogP contribution in [0, 0.1) is 5.82 Å². The van der Waals surface area contributed by atoms with Gasteiger partial charge in [-0.15, -0.1) is 0 Å². The molecule has 6 rings (SSSR count). The van der Waals surface area contributed by atoms with Crippen molar-refractivity contribution in [2.45, 2.75) is 25.9 Å². The molecule has 4 heterocycles. The molecule has 248 valence electrons. The molecule has 48 heavy (non-hydrogen) atoms. The number of aromatic nitrogens is 4. The highest BCUT2D eigenvalue weighted by molar-refractivity contribution is 5.94. The van der Waals surface area contributed by atoms with Crippen molar-refractivity contribution in [3.05, 3.63) is 110 Å². The molecule has 1 fully saturated rings. The van der Waals surface area contributed by atoms with E-state index in [0.717, 1.165) is 4.68 Å². The smallest absolute Gasteiger partial charge is 0.290 e. The molecule has 0 aliphatic carbocycles. The minimum atomic E-state index is -0.930. The Hall–Kier alpha value is -5.27. The number of rotatable bonds is 8. The number of aliphatic hydroxyl groups is 1. The fourth-order valence-electron chi connectivity index (χ4n) is 5.70. The molecule has 11 nitrogen and oxygen atoms in total. The molecule has 5 aromatic rings. The quantitative estimate of drug-likeness (QED) is 0.254. The Labute approximate surface area is 274 Å². The van der Waals surface area contributed by atoms with Crippen LogP contribution in [0.5, 0.6) is 0 Å². The van der Waals surface area contributed by atoms with Gasteiger partial charge in [-0.1, -0.05) is 32.0 Å². The van der Waals surface area contributed by atoms with Gasteiger partial charge in [-0.05, 0) is 47.3 Å². The van der Waals surface area contributed by atoms with E-state index in [1.54, 1.807) is 61.2 Å². The number of alkyl halides is 1. The second-order valence-corrected chi connectivity index (χ2v) is 12.2. The zero-order chi connectivity index (χ0) is 34.2. The van der Waals surface area contributed by atoms with E-state index in [2.05, 4.69) is 15.4 Å².